The van der Waals surface area contributed by atoms with Crippen molar-refractivity contribution in [2.75, 3.05) is 7.11 Å². The molecular formula is C8H7Cl3O. The molecule has 0 bridgehead atoms. The average molecular weight is 226 g/mol. The summed E-state index contributed by atoms with van der Waals surface area (Å²) in [5.41, 5.74) is 0.553. The van der Waals surface area contributed by atoms with Gasteiger partial charge in [-0.2, -0.15) is 0 Å². The Hall–Kier alpha value is -0.110. The molecule has 0 fully saturated rings. The number of halogens is 3. The van der Waals surface area contributed by atoms with Gasteiger partial charge in [-0.05, 0) is 6.07 Å². The normalized spacial score (nSPS) is 11.3. The van der Waals surface area contributed by atoms with Gasteiger partial charge in [-0.15, -0.1) is 0 Å². The van der Waals surface area contributed by atoms with E-state index in [1.165, 1.54) is 7.11 Å². The highest BCUT2D eigenvalue weighted by atomic mass is 35.6. The van der Waals surface area contributed by atoms with E-state index in [0.717, 1.165) is 0 Å². The van der Waals surface area contributed by atoms with E-state index < -0.39 is 3.79 Å². The minimum Gasteiger partial charge on any atom is -0.496 e. The van der Waals surface area contributed by atoms with Crippen molar-refractivity contribution in [3.8, 4) is 5.75 Å². The molecule has 1 nitrogen and oxygen atoms in total. The van der Waals surface area contributed by atoms with E-state index in [1.807, 2.05) is 6.07 Å². The molecule has 0 aromatic heterocycles. The topological polar surface area (TPSA) is 9.23 Å². The largest absolute Gasteiger partial charge is 0.496 e. The molecule has 0 aliphatic carbocycles. The Kier molecular flexibility index (Phi) is 3.10. The molecule has 4 heteroatoms. The van der Waals surface area contributed by atoms with Crippen LogP contribution in [0, 0.1) is 0 Å². The molecule has 1 aromatic rings. The van der Waals surface area contributed by atoms with Crippen LogP contribution in [0.25, 0.3) is 0 Å². The molecule has 0 radical (unpaired) electrons. The van der Waals surface area contributed by atoms with Crippen molar-refractivity contribution in [1.29, 1.82) is 0 Å². The quantitative estimate of drug-likeness (QED) is 0.665. The van der Waals surface area contributed by atoms with Crippen LogP contribution in [0.2, 0.25) is 0 Å². The Balaban J connectivity index is 3.14. The molecule has 0 saturated carbocycles. The van der Waals surface area contributed by atoms with E-state index in [9.17, 15) is 0 Å². The molecule has 66 valence electrons. The van der Waals surface area contributed by atoms with Gasteiger partial charge in [0.2, 0.25) is 3.79 Å². The van der Waals surface area contributed by atoms with Crippen molar-refractivity contribution in [2.45, 2.75) is 3.79 Å². The summed E-state index contributed by atoms with van der Waals surface area (Å²) in [6.45, 7) is 0. The van der Waals surface area contributed by atoms with Crippen LogP contribution in [0.5, 0.6) is 5.75 Å². The second-order valence-corrected chi connectivity index (χ2v) is 4.48. The SMILES string of the molecule is COc1ccccc1C(Cl)(Cl)Cl. The van der Waals surface area contributed by atoms with Crippen molar-refractivity contribution in [2.24, 2.45) is 0 Å². The van der Waals surface area contributed by atoms with Crippen molar-refractivity contribution in [3.05, 3.63) is 29.8 Å². The van der Waals surface area contributed by atoms with Gasteiger partial charge in [0, 0.05) is 5.56 Å². The summed E-state index contributed by atoms with van der Waals surface area (Å²) in [5.74, 6) is 0.581. The van der Waals surface area contributed by atoms with Crippen LogP contribution >= 0.6 is 34.8 Å². The Bertz CT molecular complexity index is 267. The van der Waals surface area contributed by atoms with Crippen molar-refractivity contribution in [3.63, 3.8) is 0 Å². The Morgan fingerprint density at radius 2 is 1.75 bits per heavy atom. The maximum atomic E-state index is 5.69. The van der Waals surface area contributed by atoms with E-state index in [1.54, 1.807) is 18.2 Å². The van der Waals surface area contributed by atoms with E-state index in [2.05, 4.69) is 0 Å². The maximum absolute atomic E-state index is 5.69. The zero-order valence-electron chi connectivity index (χ0n) is 6.35. The summed E-state index contributed by atoms with van der Waals surface area (Å²) >= 11 is 17.1. The maximum Gasteiger partial charge on any atom is 0.219 e. The lowest BCUT2D eigenvalue weighted by Gasteiger charge is -2.14. The third-order valence-corrected chi connectivity index (χ3v) is 2.02. The van der Waals surface area contributed by atoms with Crippen LogP contribution in [-0.2, 0) is 3.79 Å². The highest BCUT2D eigenvalue weighted by Gasteiger charge is 2.26. The van der Waals surface area contributed by atoms with Gasteiger partial charge in [-0.3, -0.25) is 0 Å². The third-order valence-electron chi connectivity index (χ3n) is 1.41. The molecule has 0 unspecified atom stereocenters. The zero-order valence-corrected chi connectivity index (χ0v) is 8.62. The molecule has 0 aliphatic heterocycles. The number of hydrogen-bond donors (Lipinski definition) is 0. The van der Waals surface area contributed by atoms with Gasteiger partial charge in [0.25, 0.3) is 0 Å². The number of benzene rings is 1. The van der Waals surface area contributed by atoms with Gasteiger partial charge in [0.1, 0.15) is 5.75 Å². The number of methoxy groups -OCH3 is 1. The van der Waals surface area contributed by atoms with Crippen LogP contribution in [0.3, 0.4) is 0 Å². The zero-order chi connectivity index (χ0) is 9.19. The first kappa shape index (κ1) is 9.97. The summed E-state index contributed by atoms with van der Waals surface area (Å²) in [4.78, 5) is 0. The number of alkyl halides is 3. The first-order valence-electron chi connectivity index (χ1n) is 3.26. The first-order valence-corrected chi connectivity index (χ1v) is 4.39. The summed E-state index contributed by atoms with van der Waals surface area (Å²) in [5, 5.41) is 0. The van der Waals surface area contributed by atoms with E-state index in [0.29, 0.717) is 11.3 Å². The minimum absolute atomic E-state index is 0.553. The fourth-order valence-electron chi connectivity index (χ4n) is 0.879. The monoisotopic (exact) mass is 224 g/mol. The van der Waals surface area contributed by atoms with E-state index in [4.69, 9.17) is 39.5 Å². The van der Waals surface area contributed by atoms with Gasteiger partial charge < -0.3 is 4.74 Å². The lowest BCUT2D eigenvalue weighted by Crippen LogP contribution is -2.02. The van der Waals surface area contributed by atoms with Crippen molar-refractivity contribution >= 4 is 34.8 Å². The Morgan fingerprint density at radius 1 is 1.17 bits per heavy atom. The number of hydrogen-bond acceptors (Lipinski definition) is 1. The van der Waals surface area contributed by atoms with Crippen LogP contribution in [0.1, 0.15) is 5.56 Å². The van der Waals surface area contributed by atoms with Gasteiger partial charge in [-0.25, -0.2) is 0 Å². The van der Waals surface area contributed by atoms with Gasteiger partial charge >= 0.3 is 0 Å². The average Bonchev–Trinajstić information content (AvgIpc) is 2.03. The predicted molar refractivity (Wildman–Crippen MR) is 52.2 cm³/mol. The number of rotatable bonds is 1. The molecule has 1 aromatic carbocycles. The lowest BCUT2D eigenvalue weighted by atomic mass is 10.2. The standard InChI is InChI=1S/C8H7Cl3O/c1-12-7-5-3-2-4-6(7)8(9,10)11/h2-5H,1H3. The summed E-state index contributed by atoms with van der Waals surface area (Å²) < 4.78 is 3.59. The lowest BCUT2D eigenvalue weighted by molar-refractivity contribution is 0.410. The van der Waals surface area contributed by atoms with Gasteiger partial charge in [0.15, 0.2) is 0 Å². The highest BCUT2D eigenvalue weighted by Crippen LogP contribution is 2.42. The number of para-hydroxylation sites is 1. The number of ether oxygens (including phenoxy) is 1. The third kappa shape index (κ3) is 2.19. The molecule has 0 spiro atoms. The van der Waals surface area contributed by atoms with Crippen LogP contribution in [0.4, 0.5) is 0 Å². The van der Waals surface area contributed by atoms with Gasteiger partial charge in [-0.1, -0.05) is 53.0 Å². The van der Waals surface area contributed by atoms with E-state index in [-0.39, 0.29) is 0 Å². The van der Waals surface area contributed by atoms with Crippen LogP contribution < -0.4 is 4.74 Å². The molecule has 1 rings (SSSR count). The van der Waals surface area contributed by atoms with Crippen LogP contribution in [0.15, 0.2) is 24.3 Å². The smallest absolute Gasteiger partial charge is 0.219 e. The molecule has 0 N–H and O–H groups in total. The summed E-state index contributed by atoms with van der Waals surface area (Å²) in [7, 11) is 1.54. The van der Waals surface area contributed by atoms with Crippen molar-refractivity contribution < 1.29 is 4.74 Å². The Morgan fingerprint density at radius 3 is 2.17 bits per heavy atom. The second-order valence-electron chi connectivity index (χ2n) is 2.20. The highest BCUT2D eigenvalue weighted by molar-refractivity contribution is 6.66. The predicted octanol–water partition coefficient (Wildman–Crippen LogP) is 3.52. The van der Waals surface area contributed by atoms with Gasteiger partial charge in [0.05, 0.1) is 7.11 Å². The second kappa shape index (κ2) is 3.73. The fraction of sp³-hybridized carbons (Fsp3) is 0.250. The molecule has 0 aliphatic rings. The van der Waals surface area contributed by atoms with Crippen molar-refractivity contribution in [1.82, 2.24) is 0 Å². The molecule has 0 amide bonds. The summed E-state index contributed by atoms with van der Waals surface area (Å²) in [6, 6.07) is 7.07. The van der Waals surface area contributed by atoms with E-state index >= 15 is 0 Å². The molecule has 0 saturated heterocycles. The summed E-state index contributed by atoms with van der Waals surface area (Å²) in [6.07, 6.45) is 0. The van der Waals surface area contributed by atoms with Crippen LogP contribution in [-0.4, -0.2) is 7.11 Å². The molecule has 12 heavy (non-hydrogen) atoms. The molecule has 0 heterocycles. The molecular weight excluding hydrogens is 218 g/mol. The Labute approximate surface area is 86.2 Å². The minimum atomic E-state index is -1.42. The fourth-order valence-corrected chi connectivity index (χ4v) is 1.35. The molecule has 0 atom stereocenters. The first-order chi connectivity index (χ1) is 5.55.